The molecule has 0 aromatic carbocycles. The number of aliphatic hydroxyl groups is 1. The lowest BCUT2D eigenvalue weighted by atomic mass is 10.1. The first kappa shape index (κ1) is 53.7. The minimum Gasteiger partial charge on any atom is -0.462 e. The second kappa shape index (κ2) is 40.9. The van der Waals surface area contributed by atoms with Crippen molar-refractivity contribution in [2.24, 2.45) is 5.73 Å². The van der Waals surface area contributed by atoms with Crippen molar-refractivity contribution in [2.45, 2.75) is 187 Å². The van der Waals surface area contributed by atoms with Crippen molar-refractivity contribution in [3.05, 3.63) is 60.8 Å². The molecular formula is C45H80NO9P. The van der Waals surface area contributed by atoms with E-state index in [4.69, 9.17) is 24.3 Å². The Balaban J connectivity index is 4.30. The lowest BCUT2D eigenvalue weighted by molar-refractivity contribution is -0.161. The second-order valence-corrected chi connectivity index (χ2v) is 15.9. The molecule has 0 amide bonds. The van der Waals surface area contributed by atoms with Crippen LogP contribution in [0.2, 0.25) is 0 Å². The van der Waals surface area contributed by atoms with Gasteiger partial charge in [-0.05, 0) is 64.2 Å². The molecule has 0 aromatic heterocycles. The molecule has 1 unspecified atom stereocenters. The Kier molecular flexibility index (Phi) is 39.2. The third-order valence-electron chi connectivity index (χ3n) is 8.98. The predicted molar refractivity (Wildman–Crippen MR) is 230 cm³/mol. The number of rotatable bonds is 40. The highest BCUT2D eigenvalue weighted by Crippen LogP contribution is 2.43. The highest BCUT2D eigenvalue weighted by molar-refractivity contribution is 7.47. The molecule has 11 heteroatoms. The number of nitrogens with two attached hydrogens (primary N) is 1. The van der Waals surface area contributed by atoms with Gasteiger partial charge in [-0.3, -0.25) is 18.6 Å². The summed E-state index contributed by atoms with van der Waals surface area (Å²) in [5.74, 6) is -0.928. The zero-order valence-corrected chi connectivity index (χ0v) is 36.1. The molecule has 0 rings (SSSR count). The molecule has 56 heavy (non-hydrogen) atoms. The zero-order valence-electron chi connectivity index (χ0n) is 35.2. The van der Waals surface area contributed by atoms with Crippen LogP contribution in [0, 0.1) is 0 Å². The van der Waals surface area contributed by atoms with E-state index < -0.39 is 32.5 Å². The van der Waals surface area contributed by atoms with Crippen LogP contribution in [-0.4, -0.2) is 60.5 Å². The van der Waals surface area contributed by atoms with E-state index in [-0.39, 0.29) is 38.7 Å². The van der Waals surface area contributed by atoms with E-state index in [2.05, 4.69) is 38.2 Å². The monoisotopic (exact) mass is 810 g/mol. The van der Waals surface area contributed by atoms with Crippen molar-refractivity contribution in [1.82, 2.24) is 0 Å². The number of phosphoric acid groups is 1. The van der Waals surface area contributed by atoms with Gasteiger partial charge >= 0.3 is 19.8 Å². The first-order chi connectivity index (χ1) is 27.2. The quantitative estimate of drug-likeness (QED) is 0.0179. The summed E-state index contributed by atoms with van der Waals surface area (Å²) in [6.07, 6.45) is 44.4. The summed E-state index contributed by atoms with van der Waals surface area (Å²) in [4.78, 5) is 34.8. The summed E-state index contributed by atoms with van der Waals surface area (Å²) >= 11 is 0. The Morgan fingerprint density at radius 3 is 1.82 bits per heavy atom. The third-order valence-corrected chi connectivity index (χ3v) is 9.96. The standard InChI is InChI=1S/C45H80NO9P/c1-3-5-7-8-9-10-11-12-13-14-15-16-19-22-25-28-32-36-44(48)52-40-43(41-54-56(50,51)53-39-38-46)55-45(49)37-33-29-26-23-20-17-18-21-24-27-31-35-42(47)34-30-6-4-2/h12-13,17-18,23-24,26-27,31,35,42-43,47H,3-11,14-16,19-22,25,28-30,32-34,36-41,46H2,1-2H3,(H,50,51)/b13-12-,18-17-,26-23-,27-24-,35-31+/t42-,43+/m0/s1. The van der Waals surface area contributed by atoms with E-state index in [1.54, 1.807) is 0 Å². The summed E-state index contributed by atoms with van der Waals surface area (Å²) < 4.78 is 32.7. The predicted octanol–water partition coefficient (Wildman–Crippen LogP) is 11.5. The van der Waals surface area contributed by atoms with Crippen molar-refractivity contribution < 1.29 is 42.7 Å². The molecular weight excluding hydrogens is 729 g/mol. The highest BCUT2D eigenvalue weighted by Gasteiger charge is 2.26. The number of aliphatic hydroxyl groups excluding tert-OH is 1. The molecule has 0 aliphatic heterocycles. The summed E-state index contributed by atoms with van der Waals surface area (Å²) in [6, 6.07) is 0. The summed E-state index contributed by atoms with van der Waals surface area (Å²) in [7, 11) is -4.41. The number of ether oxygens (including phenoxy) is 2. The van der Waals surface area contributed by atoms with Crippen molar-refractivity contribution in [2.75, 3.05) is 26.4 Å². The molecule has 10 nitrogen and oxygen atoms in total. The lowest BCUT2D eigenvalue weighted by Crippen LogP contribution is -2.29. The molecule has 0 heterocycles. The van der Waals surface area contributed by atoms with Gasteiger partial charge in [-0.15, -0.1) is 0 Å². The van der Waals surface area contributed by atoms with Crippen LogP contribution in [0.25, 0.3) is 0 Å². The lowest BCUT2D eigenvalue weighted by Gasteiger charge is -2.19. The number of allylic oxidation sites excluding steroid dienone is 9. The van der Waals surface area contributed by atoms with Crippen molar-refractivity contribution in [3.63, 3.8) is 0 Å². The molecule has 3 atom stereocenters. The van der Waals surface area contributed by atoms with Gasteiger partial charge in [0.2, 0.25) is 0 Å². The van der Waals surface area contributed by atoms with E-state index in [0.29, 0.717) is 19.3 Å². The Morgan fingerprint density at radius 2 is 1.16 bits per heavy atom. The SMILES string of the molecule is CCCCCCCC/C=C\CCCCCCCCCC(=O)OC[C@H](COP(=O)(O)OCCN)OC(=O)CCC/C=C\C/C=C\C/C=C\C=C\[C@@H](O)CCCCC. The van der Waals surface area contributed by atoms with E-state index in [0.717, 1.165) is 64.2 Å². The molecule has 0 aliphatic carbocycles. The van der Waals surface area contributed by atoms with E-state index in [1.807, 2.05) is 36.5 Å². The van der Waals surface area contributed by atoms with Crippen LogP contribution in [0.5, 0.6) is 0 Å². The molecule has 0 fully saturated rings. The van der Waals surface area contributed by atoms with Crippen LogP contribution in [0.4, 0.5) is 0 Å². The fourth-order valence-corrected chi connectivity index (χ4v) is 6.44. The number of hydrogen-bond acceptors (Lipinski definition) is 9. The van der Waals surface area contributed by atoms with Gasteiger partial charge in [0.25, 0.3) is 0 Å². The van der Waals surface area contributed by atoms with Gasteiger partial charge in [-0.1, -0.05) is 158 Å². The van der Waals surface area contributed by atoms with E-state index in [9.17, 15) is 24.2 Å². The van der Waals surface area contributed by atoms with Gasteiger partial charge in [0.1, 0.15) is 6.61 Å². The molecule has 4 N–H and O–H groups in total. The van der Waals surface area contributed by atoms with Crippen LogP contribution < -0.4 is 5.73 Å². The second-order valence-electron chi connectivity index (χ2n) is 14.4. The number of phosphoric ester groups is 1. The van der Waals surface area contributed by atoms with Gasteiger partial charge in [0, 0.05) is 19.4 Å². The zero-order chi connectivity index (χ0) is 41.2. The maximum absolute atomic E-state index is 12.6. The van der Waals surface area contributed by atoms with E-state index >= 15 is 0 Å². The summed E-state index contributed by atoms with van der Waals surface area (Å²) in [5, 5.41) is 9.89. The number of carbonyl (C=O) groups is 2. The van der Waals surface area contributed by atoms with Gasteiger partial charge in [0.05, 0.1) is 19.3 Å². The minimum absolute atomic E-state index is 0.0344. The normalized spacial score (nSPS) is 14.4. The van der Waals surface area contributed by atoms with Crippen LogP contribution >= 0.6 is 7.82 Å². The van der Waals surface area contributed by atoms with Crippen LogP contribution in [0.1, 0.15) is 174 Å². The Labute approximate surface area is 341 Å². The van der Waals surface area contributed by atoms with Gasteiger partial charge in [-0.25, -0.2) is 4.57 Å². The maximum atomic E-state index is 12.6. The molecule has 0 spiro atoms. The van der Waals surface area contributed by atoms with Crippen molar-refractivity contribution in [1.29, 1.82) is 0 Å². The maximum Gasteiger partial charge on any atom is 0.472 e. The first-order valence-electron chi connectivity index (χ1n) is 21.9. The largest absolute Gasteiger partial charge is 0.472 e. The van der Waals surface area contributed by atoms with Crippen molar-refractivity contribution in [3.8, 4) is 0 Å². The van der Waals surface area contributed by atoms with Crippen LogP contribution in [0.15, 0.2) is 60.8 Å². The van der Waals surface area contributed by atoms with Gasteiger partial charge < -0.3 is 25.2 Å². The average molecular weight is 810 g/mol. The molecule has 0 saturated carbocycles. The number of carbonyl (C=O) groups excluding carboxylic acids is 2. The first-order valence-corrected chi connectivity index (χ1v) is 23.4. The van der Waals surface area contributed by atoms with E-state index in [1.165, 1.54) is 64.2 Å². The van der Waals surface area contributed by atoms with Crippen LogP contribution in [0.3, 0.4) is 0 Å². The summed E-state index contributed by atoms with van der Waals surface area (Å²) in [5.41, 5.74) is 5.34. The topological polar surface area (TPSA) is 155 Å². The minimum atomic E-state index is -4.41. The van der Waals surface area contributed by atoms with Crippen LogP contribution in [-0.2, 0) is 32.7 Å². The highest BCUT2D eigenvalue weighted by atomic mass is 31.2. The van der Waals surface area contributed by atoms with Crippen molar-refractivity contribution >= 4 is 19.8 Å². The Morgan fingerprint density at radius 1 is 0.625 bits per heavy atom. The average Bonchev–Trinajstić information content (AvgIpc) is 3.18. The Bertz CT molecular complexity index is 1120. The van der Waals surface area contributed by atoms with Gasteiger partial charge in [0.15, 0.2) is 6.10 Å². The molecule has 324 valence electrons. The number of esters is 2. The smallest absolute Gasteiger partial charge is 0.462 e. The molecule has 0 aliphatic rings. The molecule has 0 saturated heterocycles. The van der Waals surface area contributed by atoms with Gasteiger partial charge in [-0.2, -0.15) is 0 Å². The Hall–Kier alpha value is -2.33. The summed E-state index contributed by atoms with van der Waals surface area (Å²) in [6.45, 7) is 3.51. The molecule has 0 radical (unpaired) electrons. The molecule has 0 aromatic rings. The number of unbranched alkanes of at least 4 members (excludes halogenated alkanes) is 16. The fourth-order valence-electron chi connectivity index (χ4n) is 5.67. The molecule has 0 bridgehead atoms. The third kappa shape index (κ3) is 39.9. The fraction of sp³-hybridized carbons (Fsp3) is 0.733. The number of hydrogen-bond donors (Lipinski definition) is 3.